The van der Waals surface area contributed by atoms with Gasteiger partial charge >= 0.3 is 5.97 Å². The number of rotatable bonds is 4. The molecule has 2 rings (SSSR count). The third-order valence-corrected chi connectivity index (χ3v) is 3.14. The van der Waals surface area contributed by atoms with E-state index in [-0.39, 0.29) is 5.69 Å². The van der Waals surface area contributed by atoms with Crippen LogP contribution in [0.4, 0.5) is 5.69 Å². The number of pyridine rings is 1. The predicted molar refractivity (Wildman–Crippen MR) is 68.0 cm³/mol. The highest BCUT2D eigenvalue weighted by molar-refractivity contribution is 5.87. The molecule has 1 aromatic heterocycles. The zero-order valence-electron chi connectivity index (χ0n) is 10.5. The molecule has 1 fully saturated rings. The van der Waals surface area contributed by atoms with Crippen molar-refractivity contribution in [3.63, 3.8) is 0 Å². The summed E-state index contributed by atoms with van der Waals surface area (Å²) >= 11 is 0. The Morgan fingerprint density at radius 1 is 1.56 bits per heavy atom. The lowest BCUT2D eigenvalue weighted by Gasteiger charge is -2.24. The van der Waals surface area contributed by atoms with Gasteiger partial charge in [0.15, 0.2) is 5.69 Å². The second kappa shape index (κ2) is 5.82. The van der Waals surface area contributed by atoms with Crippen LogP contribution in [0.15, 0.2) is 12.3 Å². The molecule has 2 heterocycles. The van der Waals surface area contributed by atoms with Gasteiger partial charge in [-0.1, -0.05) is 6.92 Å². The van der Waals surface area contributed by atoms with Gasteiger partial charge in [-0.2, -0.15) is 0 Å². The molecule has 0 unspecified atom stereocenters. The van der Waals surface area contributed by atoms with Crippen LogP contribution in [0.1, 0.15) is 35.8 Å². The van der Waals surface area contributed by atoms with E-state index in [0.29, 0.717) is 12.5 Å². The van der Waals surface area contributed by atoms with Crippen molar-refractivity contribution >= 4 is 11.7 Å². The van der Waals surface area contributed by atoms with E-state index in [0.717, 1.165) is 37.3 Å². The van der Waals surface area contributed by atoms with Gasteiger partial charge in [0.1, 0.15) is 0 Å². The Morgan fingerprint density at radius 2 is 2.28 bits per heavy atom. The van der Waals surface area contributed by atoms with Gasteiger partial charge in [-0.3, -0.25) is 0 Å². The molecule has 1 aliphatic heterocycles. The van der Waals surface area contributed by atoms with E-state index in [1.54, 1.807) is 6.20 Å². The van der Waals surface area contributed by atoms with Gasteiger partial charge in [0.05, 0.1) is 11.9 Å². The van der Waals surface area contributed by atoms with Gasteiger partial charge in [0, 0.05) is 19.3 Å². The molecule has 0 atom stereocenters. The van der Waals surface area contributed by atoms with E-state index in [1.807, 2.05) is 13.0 Å². The summed E-state index contributed by atoms with van der Waals surface area (Å²) in [6.45, 7) is 3.49. The first-order valence-electron chi connectivity index (χ1n) is 6.27. The van der Waals surface area contributed by atoms with Crippen LogP contribution in [0.5, 0.6) is 0 Å². The van der Waals surface area contributed by atoms with Crippen molar-refractivity contribution in [2.24, 2.45) is 0 Å². The SMILES string of the molecule is CCc1cc(NC2CCOCC2)cnc1C(=O)O. The maximum atomic E-state index is 11.0. The second-order valence-electron chi connectivity index (χ2n) is 4.42. The lowest BCUT2D eigenvalue weighted by molar-refractivity contribution is 0.0689. The van der Waals surface area contributed by atoms with Crippen LogP contribution in [-0.2, 0) is 11.2 Å². The quantitative estimate of drug-likeness (QED) is 0.854. The summed E-state index contributed by atoms with van der Waals surface area (Å²) in [5, 5.41) is 12.4. The highest BCUT2D eigenvalue weighted by Crippen LogP contribution is 2.18. The molecule has 5 nitrogen and oxygen atoms in total. The van der Waals surface area contributed by atoms with Crippen molar-refractivity contribution < 1.29 is 14.6 Å². The molecule has 98 valence electrons. The molecule has 18 heavy (non-hydrogen) atoms. The lowest BCUT2D eigenvalue weighted by atomic mass is 10.1. The van der Waals surface area contributed by atoms with Gasteiger partial charge in [-0.05, 0) is 30.9 Å². The zero-order chi connectivity index (χ0) is 13.0. The standard InChI is InChI=1S/C13H18N2O3/c1-2-9-7-11(8-14-12(9)13(16)17)15-10-3-5-18-6-4-10/h7-8,10,15H,2-6H2,1H3,(H,16,17). The first-order valence-corrected chi connectivity index (χ1v) is 6.27. The number of carboxylic acids is 1. The molecule has 0 bridgehead atoms. The third kappa shape index (κ3) is 2.98. The van der Waals surface area contributed by atoms with Gasteiger partial charge in [0.25, 0.3) is 0 Å². The third-order valence-electron chi connectivity index (χ3n) is 3.14. The summed E-state index contributed by atoms with van der Waals surface area (Å²) < 4.78 is 5.30. The molecular weight excluding hydrogens is 232 g/mol. The smallest absolute Gasteiger partial charge is 0.354 e. The first-order chi connectivity index (χ1) is 8.70. The number of ether oxygens (including phenoxy) is 1. The van der Waals surface area contributed by atoms with Crippen LogP contribution in [-0.4, -0.2) is 35.3 Å². The average Bonchev–Trinajstić information content (AvgIpc) is 2.39. The molecule has 1 aromatic rings. The van der Waals surface area contributed by atoms with Crippen LogP contribution in [0.2, 0.25) is 0 Å². The molecule has 1 aliphatic rings. The molecule has 0 aliphatic carbocycles. The number of nitrogens with zero attached hydrogens (tertiary/aromatic N) is 1. The van der Waals surface area contributed by atoms with Crippen molar-refractivity contribution in [2.45, 2.75) is 32.2 Å². The number of hydrogen-bond acceptors (Lipinski definition) is 4. The van der Waals surface area contributed by atoms with Gasteiger partial charge in [-0.25, -0.2) is 9.78 Å². The molecule has 0 aromatic carbocycles. The fourth-order valence-corrected chi connectivity index (χ4v) is 2.13. The number of anilines is 1. The van der Waals surface area contributed by atoms with E-state index in [9.17, 15) is 4.79 Å². The summed E-state index contributed by atoms with van der Waals surface area (Å²) in [5.41, 5.74) is 1.80. The maximum Gasteiger partial charge on any atom is 0.354 e. The van der Waals surface area contributed by atoms with Crippen LogP contribution in [0.3, 0.4) is 0 Å². The molecule has 0 saturated carbocycles. The Hall–Kier alpha value is -1.62. The van der Waals surface area contributed by atoms with Crippen molar-refractivity contribution in [3.8, 4) is 0 Å². The second-order valence-corrected chi connectivity index (χ2v) is 4.42. The largest absolute Gasteiger partial charge is 0.477 e. The molecule has 0 spiro atoms. The summed E-state index contributed by atoms with van der Waals surface area (Å²) in [4.78, 5) is 15.0. The minimum absolute atomic E-state index is 0.148. The average molecular weight is 250 g/mol. The van der Waals surface area contributed by atoms with E-state index >= 15 is 0 Å². The monoisotopic (exact) mass is 250 g/mol. The predicted octanol–water partition coefficient (Wildman–Crippen LogP) is 1.93. The first kappa shape index (κ1) is 12.8. The lowest BCUT2D eigenvalue weighted by Crippen LogP contribution is -2.28. The van der Waals surface area contributed by atoms with E-state index < -0.39 is 5.97 Å². The van der Waals surface area contributed by atoms with Gasteiger partial charge in [0.2, 0.25) is 0 Å². The van der Waals surface area contributed by atoms with Gasteiger partial charge < -0.3 is 15.2 Å². The van der Waals surface area contributed by atoms with Crippen LogP contribution < -0.4 is 5.32 Å². The Morgan fingerprint density at radius 3 is 2.89 bits per heavy atom. The number of hydrogen-bond donors (Lipinski definition) is 2. The van der Waals surface area contributed by atoms with E-state index in [1.165, 1.54) is 0 Å². The normalized spacial score (nSPS) is 16.5. The van der Waals surface area contributed by atoms with Crippen molar-refractivity contribution in [1.29, 1.82) is 0 Å². The topological polar surface area (TPSA) is 71.5 Å². The summed E-state index contributed by atoms with van der Waals surface area (Å²) in [5.74, 6) is -0.968. The molecule has 0 radical (unpaired) electrons. The fourth-order valence-electron chi connectivity index (χ4n) is 2.13. The number of aryl methyl sites for hydroxylation is 1. The molecule has 1 saturated heterocycles. The Labute approximate surface area is 106 Å². The van der Waals surface area contributed by atoms with Crippen molar-refractivity contribution in [2.75, 3.05) is 18.5 Å². The number of nitrogens with one attached hydrogen (secondary N) is 1. The summed E-state index contributed by atoms with van der Waals surface area (Å²) in [7, 11) is 0. The molecular formula is C13H18N2O3. The number of carboxylic acid groups (broad SMARTS) is 1. The van der Waals surface area contributed by atoms with Crippen LogP contribution in [0, 0.1) is 0 Å². The van der Waals surface area contributed by atoms with Gasteiger partial charge in [-0.15, -0.1) is 0 Å². The van der Waals surface area contributed by atoms with Crippen molar-refractivity contribution in [3.05, 3.63) is 23.5 Å². The van der Waals surface area contributed by atoms with Crippen LogP contribution >= 0.6 is 0 Å². The minimum Gasteiger partial charge on any atom is -0.477 e. The minimum atomic E-state index is -0.968. The summed E-state index contributed by atoms with van der Waals surface area (Å²) in [6.07, 6.45) is 4.21. The number of aromatic carboxylic acids is 1. The maximum absolute atomic E-state index is 11.0. The van der Waals surface area contributed by atoms with E-state index in [4.69, 9.17) is 9.84 Å². The molecule has 2 N–H and O–H groups in total. The number of aromatic nitrogens is 1. The van der Waals surface area contributed by atoms with Crippen molar-refractivity contribution in [1.82, 2.24) is 4.98 Å². The molecule has 0 amide bonds. The Kier molecular flexibility index (Phi) is 4.15. The zero-order valence-corrected chi connectivity index (χ0v) is 10.5. The Bertz CT molecular complexity index is 428. The highest BCUT2D eigenvalue weighted by Gasteiger charge is 2.15. The Balaban J connectivity index is 2.11. The van der Waals surface area contributed by atoms with Crippen LogP contribution in [0.25, 0.3) is 0 Å². The molecule has 5 heteroatoms. The van der Waals surface area contributed by atoms with E-state index in [2.05, 4.69) is 10.3 Å². The summed E-state index contributed by atoms with van der Waals surface area (Å²) in [6, 6.07) is 2.27. The number of carbonyl (C=O) groups is 1. The highest BCUT2D eigenvalue weighted by atomic mass is 16.5. The fraction of sp³-hybridized carbons (Fsp3) is 0.538.